The van der Waals surface area contributed by atoms with Crippen molar-refractivity contribution in [3.8, 4) is 0 Å². The van der Waals surface area contributed by atoms with E-state index in [4.69, 9.17) is 4.74 Å². The van der Waals surface area contributed by atoms with Crippen molar-refractivity contribution in [1.29, 1.82) is 0 Å². The zero-order valence-corrected chi connectivity index (χ0v) is 17.3. The van der Waals surface area contributed by atoms with Crippen LogP contribution in [-0.2, 0) is 21.3 Å². The number of benzene rings is 1. The number of hydrogen-bond donors (Lipinski definition) is 1. The molecule has 1 aromatic carbocycles. The molecule has 1 aromatic rings. The van der Waals surface area contributed by atoms with Crippen LogP contribution in [0.15, 0.2) is 24.3 Å². The Balaban J connectivity index is 1.95. The minimum atomic E-state index is -4.31. The van der Waals surface area contributed by atoms with E-state index in [2.05, 4.69) is 9.62 Å². The minimum absolute atomic E-state index is 0.142. The number of hydrogen-bond acceptors (Lipinski definition) is 4. The van der Waals surface area contributed by atoms with Gasteiger partial charge in [0.05, 0.1) is 12.4 Å². The second kappa shape index (κ2) is 9.56. The fourth-order valence-corrected chi connectivity index (χ4v) is 4.37. The zero-order valence-electron chi connectivity index (χ0n) is 16.5. The Bertz CT molecular complexity index is 723. The first kappa shape index (κ1) is 23.1. The number of nitrogens with one attached hydrogen (secondary N) is 1. The number of piperidine rings is 1. The van der Waals surface area contributed by atoms with Gasteiger partial charge in [0.2, 0.25) is 10.0 Å². The Morgan fingerprint density at radius 3 is 2.46 bits per heavy atom. The first-order valence-electron chi connectivity index (χ1n) is 9.43. The van der Waals surface area contributed by atoms with Crippen molar-refractivity contribution >= 4 is 10.0 Å². The van der Waals surface area contributed by atoms with Crippen molar-refractivity contribution in [2.75, 3.05) is 26.0 Å². The molecule has 1 saturated heterocycles. The number of sulfonamides is 1. The summed E-state index contributed by atoms with van der Waals surface area (Å²) in [5.74, 6) is 0.142. The number of likely N-dealkylation sites (tertiary alicyclic amines) is 1. The third-order valence-corrected chi connectivity index (χ3v) is 5.82. The molecule has 1 unspecified atom stereocenters. The number of ether oxygens (including phenoxy) is 1. The second-order valence-corrected chi connectivity index (χ2v) is 9.29. The van der Waals surface area contributed by atoms with Crippen LogP contribution in [0.2, 0.25) is 0 Å². The summed E-state index contributed by atoms with van der Waals surface area (Å²) in [4.78, 5) is 2.11. The van der Waals surface area contributed by atoms with Crippen molar-refractivity contribution in [1.82, 2.24) is 9.62 Å². The molecule has 1 aliphatic rings. The van der Waals surface area contributed by atoms with Crippen LogP contribution in [0.1, 0.15) is 43.9 Å². The molecule has 160 valence electrons. The third kappa shape index (κ3) is 7.69. The van der Waals surface area contributed by atoms with Gasteiger partial charge >= 0.3 is 6.18 Å². The number of alkyl halides is 3. The normalized spacial score (nSPS) is 22.9. The summed E-state index contributed by atoms with van der Waals surface area (Å²) in [6, 6.07) is 7.26. The lowest BCUT2D eigenvalue weighted by Crippen LogP contribution is -2.45. The Morgan fingerprint density at radius 2 is 1.93 bits per heavy atom. The Morgan fingerprint density at radius 1 is 1.29 bits per heavy atom. The van der Waals surface area contributed by atoms with Crippen molar-refractivity contribution in [3.63, 3.8) is 0 Å². The van der Waals surface area contributed by atoms with Crippen molar-refractivity contribution in [2.24, 2.45) is 5.92 Å². The summed E-state index contributed by atoms with van der Waals surface area (Å²) in [6.07, 6.45) is -2.00. The first-order valence-corrected chi connectivity index (χ1v) is 11.3. The molecule has 0 radical (unpaired) electrons. The van der Waals surface area contributed by atoms with Crippen LogP contribution >= 0.6 is 0 Å². The highest BCUT2D eigenvalue weighted by molar-refractivity contribution is 7.88. The fourth-order valence-electron chi connectivity index (χ4n) is 3.59. The molecule has 2 rings (SSSR count). The third-order valence-electron chi connectivity index (χ3n) is 5.04. The monoisotopic (exact) mass is 422 g/mol. The molecule has 0 aromatic heterocycles. The van der Waals surface area contributed by atoms with Gasteiger partial charge < -0.3 is 4.74 Å². The molecule has 0 spiro atoms. The topological polar surface area (TPSA) is 58.6 Å². The van der Waals surface area contributed by atoms with Gasteiger partial charge in [-0.2, -0.15) is 13.2 Å². The predicted octanol–water partition coefficient (Wildman–Crippen LogP) is 3.48. The quantitative estimate of drug-likeness (QED) is 0.697. The molecule has 28 heavy (non-hydrogen) atoms. The maximum absolute atomic E-state index is 12.5. The van der Waals surface area contributed by atoms with Gasteiger partial charge in [0.25, 0.3) is 0 Å². The molecule has 1 heterocycles. The van der Waals surface area contributed by atoms with E-state index >= 15 is 0 Å². The molecule has 0 aliphatic carbocycles. The molecule has 1 fully saturated rings. The molecule has 1 aliphatic heterocycles. The predicted molar refractivity (Wildman–Crippen MR) is 102 cm³/mol. The Hall–Kier alpha value is -1.16. The molecule has 3 atom stereocenters. The Labute approximate surface area is 165 Å². The van der Waals surface area contributed by atoms with Crippen LogP contribution in [0.4, 0.5) is 13.2 Å². The van der Waals surface area contributed by atoms with Crippen molar-refractivity contribution in [3.05, 3.63) is 35.4 Å². The summed E-state index contributed by atoms with van der Waals surface area (Å²) in [5, 5.41) is 0. The van der Waals surface area contributed by atoms with Gasteiger partial charge in [-0.15, -0.1) is 0 Å². The van der Waals surface area contributed by atoms with E-state index in [9.17, 15) is 21.6 Å². The highest BCUT2D eigenvalue weighted by Gasteiger charge is 2.34. The molecule has 9 heteroatoms. The fraction of sp³-hybridized carbons (Fsp3) is 0.684. The maximum Gasteiger partial charge on any atom is 0.411 e. The van der Waals surface area contributed by atoms with Gasteiger partial charge in [-0.05, 0) is 36.9 Å². The molecule has 1 N–H and O–H groups in total. The Kier molecular flexibility index (Phi) is 7.89. The molecule has 5 nitrogen and oxygen atoms in total. The van der Waals surface area contributed by atoms with Crippen LogP contribution in [0.3, 0.4) is 0 Å². The first-order chi connectivity index (χ1) is 13.0. The van der Waals surface area contributed by atoms with Gasteiger partial charge in [0.1, 0.15) is 6.61 Å². The van der Waals surface area contributed by atoms with Crippen molar-refractivity contribution < 1.29 is 26.3 Å². The summed E-state index contributed by atoms with van der Waals surface area (Å²) in [7, 11) is -3.29. The van der Waals surface area contributed by atoms with Gasteiger partial charge in [0.15, 0.2) is 0 Å². The van der Waals surface area contributed by atoms with Gasteiger partial charge in [-0.1, -0.05) is 37.6 Å². The van der Waals surface area contributed by atoms with Crippen LogP contribution < -0.4 is 4.72 Å². The summed E-state index contributed by atoms with van der Waals surface area (Å²) < 4.78 is 67.9. The lowest BCUT2D eigenvalue weighted by atomic mass is 9.91. The van der Waals surface area contributed by atoms with Gasteiger partial charge in [-0.3, -0.25) is 4.90 Å². The van der Waals surface area contributed by atoms with Crippen molar-refractivity contribution in [2.45, 2.75) is 51.6 Å². The summed E-state index contributed by atoms with van der Waals surface area (Å²) in [6.45, 7) is 4.46. The van der Waals surface area contributed by atoms with Crippen LogP contribution in [0.5, 0.6) is 0 Å². The zero-order chi connectivity index (χ0) is 20.9. The molecule has 0 saturated carbocycles. The molecule has 0 amide bonds. The van der Waals surface area contributed by atoms with E-state index in [0.29, 0.717) is 13.1 Å². The van der Waals surface area contributed by atoms with Gasteiger partial charge in [-0.25, -0.2) is 13.1 Å². The molecular weight excluding hydrogens is 393 g/mol. The lowest BCUT2D eigenvalue weighted by molar-refractivity contribution is -0.196. The van der Waals surface area contributed by atoms with E-state index in [1.807, 2.05) is 31.2 Å². The highest BCUT2D eigenvalue weighted by Crippen LogP contribution is 2.27. The SMILES string of the molecule is CCC1CCN(Cc2ccc([C@@H](C)NS(C)(=O)=O)cc2)C[C@@H]1OCC(F)(F)F. The lowest BCUT2D eigenvalue weighted by Gasteiger charge is -2.38. The van der Waals surface area contributed by atoms with Crippen LogP contribution in [0.25, 0.3) is 0 Å². The van der Waals surface area contributed by atoms with E-state index < -0.39 is 28.9 Å². The molecular formula is C19H29F3N2O3S. The van der Waals surface area contributed by atoms with E-state index in [0.717, 1.165) is 36.8 Å². The van der Waals surface area contributed by atoms with E-state index in [-0.39, 0.29) is 12.0 Å². The van der Waals surface area contributed by atoms with E-state index in [1.165, 1.54) is 0 Å². The van der Waals surface area contributed by atoms with E-state index in [1.54, 1.807) is 6.92 Å². The largest absolute Gasteiger partial charge is 0.411 e. The average molecular weight is 423 g/mol. The summed E-state index contributed by atoms with van der Waals surface area (Å²) in [5.41, 5.74) is 1.88. The average Bonchev–Trinajstić information content (AvgIpc) is 2.58. The van der Waals surface area contributed by atoms with Crippen LogP contribution in [0, 0.1) is 5.92 Å². The highest BCUT2D eigenvalue weighted by atomic mass is 32.2. The second-order valence-electron chi connectivity index (χ2n) is 7.51. The maximum atomic E-state index is 12.5. The standard InChI is InChI=1S/C19H29F3N2O3S/c1-4-16-9-10-24(12-18(16)27-13-19(20,21)22)11-15-5-7-17(8-6-15)14(2)23-28(3,25)26/h5-8,14,16,18,23H,4,9-13H2,1-3H3/t14-,16?,18+/m1/s1. The summed E-state index contributed by atoms with van der Waals surface area (Å²) >= 11 is 0. The minimum Gasteiger partial charge on any atom is -0.367 e. The van der Waals surface area contributed by atoms with Gasteiger partial charge in [0, 0.05) is 19.1 Å². The number of halogens is 3. The number of rotatable bonds is 8. The molecule has 0 bridgehead atoms. The number of nitrogens with zero attached hydrogens (tertiary/aromatic N) is 1. The van der Waals surface area contributed by atoms with Crippen LogP contribution in [-0.4, -0.2) is 51.6 Å². The smallest absolute Gasteiger partial charge is 0.367 e.